The molecule has 0 aliphatic heterocycles. The van der Waals surface area contributed by atoms with Crippen LogP contribution in [0.5, 0.6) is 0 Å². The van der Waals surface area contributed by atoms with Crippen molar-refractivity contribution in [3.05, 3.63) is 109 Å². The Bertz CT molecular complexity index is 2200. The predicted octanol–water partition coefficient (Wildman–Crippen LogP) is 17.8. The molecule has 0 saturated heterocycles. The summed E-state index contributed by atoms with van der Waals surface area (Å²) in [6.07, 6.45) is 51.1. The van der Waals surface area contributed by atoms with Gasteiger partial charge in [-0.15, -0.1) is 26.3 Å². The third-order valence-corrected chi connectivity index (χ3v) is 16.3. The van der Waals surface area contributed by atoms with E-state index in [-0.39, 0.29) is 75.3 Å². The molecule has 14 nitrogen and oxygen atoms in total. The van der Waals surface area contributed by atoms with Gasteiger partial charge in [0.05, 0.1) is 58.5 Å². The first kappa shape index (κ1) is 81.4. The first-order chi connectivity index (χ1) is 40.6. The van der Waals surface area contributed by atoms with Gasteiger partial charge in [0.2, 0.25) is 0 Å². The van der Waals surface area contributed by atoms with Crippen LogP contribution in [0.15, 0.2) is 96.8 Å². The maximum absolute atomic E-state index is 12.9. The molecule has 0 amide bonds. The largest absolute Gasteiger partial charge is 2.00 e. The molecule has 0 fully saturated rings. The van der Waals surface area contributed by atoms with Crippen molar-refractivity contribution >= 4 is 81.9 Å². The molecule has 0 spiro atoms. The second-order valence-corrected chi connectivity index (χ2v) is 24.5. The number of hydrogen-bond acceptors (Lipinski definition) is 14. The van der Waals surface area contributed by atoms with Crippen molar-refractivity contribution in [2.24, 2.45) is 0 Å². The number of rotatable bonds is 54. The standard InChI is InChI=1S/2C34H54O7S.Ca/c2*1-3-5-7-9-11-13-15-17-19-21-23-28-40-33(35)30-26-25-27-31(42(37,38)39)32(30)34(36)41-29-24-22-20-18-16-14-12-10-8-6-4-2;/h2*3-4,25-27H,1-2,5-24,28-29H2,(H,37,38,39);/q;;+2/p-2. The number of esters is 4. The first-order valence-electron chi connectivity index (χ1n) is 31.9. The number of allylic oxidation sites excluding steroid dienone is 4. The Kier molecular flexibility index (Phi) is 52.2. The van der Waals surface area contributed by atoms with Crippen molar-refractivity contribution in [2.45, 2.75) is 267 Å². The minimum Gasteiger partial charge on any atom is -0.744 e. The summed E-state index contributed by atoms with van der Waals surface area (Å²) < 4.78 is 92.4. The molecule has 2 aromatic carbocycles. The molecule has 0 radical (unpaired) electrons. The zero-order valence-electron chi connectivity index (χ0n) is 52.0. The summed E-state index contributed by atoms with van der Waals surface area (Å²) in [5, 5.41) is 0. The van der Waals surface area contributed by atoms with E-state index >= 15 is 0 Å². The third kappa shape index (κ3) is 42.0. The average Bonchev–Trinajstić information content (AvgIpc) is 3.62. The fourth-order valence-electron chi connectivity index (χ4n) is 9.71. The third-order valence-electron chi connectivity index (χ3n) is 14.6. The zero-order chi connectivity index (χ0) is 61.8. The molecule has 0 atom stereocenters. The Balaban J connectivity index is 0.00000164. The maximum Gasteiger partial charge on any atom is 2.00 e. The second kappa shape index (κ2) is 54.5. The van der Waals surface area contributed by atoms with Crippen LogP contribution in [0.25, 0.3) is 0 Å². The zero-order valence-corrected chi connectivity index (χ0v) is 55.8. The quantitative estimate of drug-likeness (QED) is 0.0150. The summed E-state index contributed by atoms with van der Waals surface area (Å²) in [4.78, 5) is 49.7. The molecule has 0 N–H and O–H groups in total. The Morgan fingerprint density at radius 1 is 0.318 bits per heavy atom. The van der Waals surface area contributed by atoms with Crippen molar-refractivity contribution in [3.63, 3.8) is 0 Å². The van der Waals surface area contributed by atoms with Gasteiger partial charge in [-0.1, -0.05) is 216 Å². The molecule has 476 valence electrons. The van der Waals surface area contributed by atoms with Gasteiger partial charge in [0.15, 0.2) is 0 Å². The number of unbranched alkanes of at least 4 members (excludes halogenated alkanes) is 36. The SMILES string of the molecule is C=CCCCCCCCCCCCOC(=O)c1cccc(S(=O)(=O)[O-])c1C(=O)OCCCCCCCCCCCC=C.C=CCCCCCCCCCCCOC(=O)c1cccc(S(=O)(=O)[O-])c1C(=O)OCCCCCCCCCCCC=C.[Ca+2]. The van der Waals surface area contributed by atoms with E-state index in [4.69, 9.17) is 18.9 Å². The number of carbonyl (C=O) groups is 4. The summed E-state index contributed by atoms with van der Waals surface area (Å²) in [5.41, 5.74) is -1.60. The van der Waals surface area contributed by atoms with Crippen molar-refractivity contribution in [3.8, 4) is 0 Å². The minimum absolute atomic E-state index is 0. The van der Waals surface area contributed by atoms with Crippen molar-refractivity contribution in [1.82, 2.24) is 0 Å². The van der Waals surface area contributed by atoms with Gasteiger partial charge in [-0.25, -0.2) is 36.0 Å². The van der Waals surface area contributed by atoms with E-state index in [0.29, 0.717) is 25.7 Å². The first-order valence-corrected chi connectivity index (χ1v) is 34.8. The average molecular weight is 1250 g/mol. The number of ether oxygens (including phenoxy) is 4. The summed E-state index contributed by atoms with van der Waals surface area (Å²) in [6, 6.07) is 7.14. The Labute approximate surface area is 544 Å². The van der Waals surface area contributed by atoms with Gasteiger partial charge in [0, 0.05) is 0 Å². The molecule has 0 aromatic heterocycles. The molecule has 0 bridgehead atoms. The van der Waals surface area contributed by atoms with Gasteiger partial charge >= 0.3 is 61.6 Å². The van der Waals surface area contributed by atoms with Gasteiger partial charge in [-0.05, 0) is 101 Å². The molecule has 0 saturated carbocycles. The van der Waals surface area contributed by atoms with Crippen LogP contribution < -0.4 is 0 Å². The van der Waals surface area contributed by atoms with Crippen LogP contribution in [0.2, 0.25) is 0 Å². The van der Waals surface area contributed by atoms with Crippen LogP contribution in [-0.4, -0.2) is 114 Å². The van der Waals surface area contributed by atoms with Crippen molar-refractivity contribution < 1.29 is 64.1 Å². The van der Waals surface area contributed by atoms with E-state index in [1.165, 1.54) is 153 Å². The van der Waals surface area contributed by atoms with Crippen LogP contribution in [0.1, 0.15) is 298 Å². The van der Waals surface area contributed by atoms with Crippen LogP contribution in [0.4, 0.5) is 0 Å². The topological polar surface area (TPSA) is 220 Å². The van der Waals surface area contributed by atoms with Crippen LogP contribution in [-0.2, 0) is 39.2 Å². The summed E-state index contributed by atoms with van der Waals surface area (Å²) in [5.74, 6) is -3.67. The molecule has 2 aromatic rings. The summed E-state index contributed by atoms with van der Waals surface area (Å²) >= 11 is 0. The predicted molar refractivity (Wildman–Crippen MR) is 341 cm³/mol. The Morgan fingerprint density at radius 2 is 0.506 bits per heavy atom. The Hall–Kier alpha value is -3.64. The van der Waals surface area contributed by atoms with Gasteiger partial charge in [-0.3, -0.25) is 0 Å². The maximum atomic E-state index is 12.9. The number of benzene rings is 2. The monoisotopic (exact) mass is 1250 g/mol. The van der Waals surface area contributed by atoms with Gasteiger partial charge in [-0.2, -0.15) is 0 Å². The fraction of sp³-hybridized carbons (Fsp3) is 0.647. The van der Waals surface area contributed by atoms with Gasteiger partial charge in [0.25, 0.3) is 0 Å². The van der Waals surface area contributed by atoms with Crippen LogP contribution >= 0.6 is 0 Å². The molecule has 17 heteroatoms. The smallest absolute Gasteiger partial charge is 0.744 e. The van der Waals surface area contributed by atoms with Crippen LogP contribution in [0, 0.1) is 0 Å². The van der Waals surface area contributed by atoms with Crippen molar-refractivity contribution in [1.29, 1.82) is 0 Å². The van der Waals surface area contributed by atoms with E-state index in [2.05, 4.69) is 26.3 Å². The second-order valence-electron chi connectivity index (χ2n) is 21.8. The van der Waals surface area contributed by atoms with Crippen LogP contribution in [0.3, 0.4) is 0 Å². The van der Waals surface area contributed by atoms with Gasteiger partial charge < -0.3 is 28.1 Å². The molecule has 0 aliphatic rings. The normalized spacial score (nSPS) is 11.1. The molecule has 0 heterocycles. The Morgan fingerprint density at radius 3 is 0.706 bits per heavy atom. The van der Waals surface area contributed by atoms with E-state index in [1.807, 2.05) is 24.3 Å². The van der Waals surface area contributed by atoms with E-state index < -0.39 is 65.0 Å². The van der Waals surface area contributed by atoms with E-state index in [9.17, 15) is 45.1 Å². The van der Waals surface area contributed by atoms with E-state index in [0.717, 1.165) is 115 Å². The molecule has 85 heavy (non-hydrogen) atoms. The molecule has 2 rings (SSSR count). The number of carbonyl (C=O) groups excluding carboxylic acids is 4. The molecular formula is C68H106CaO14S2. The molecule has 0 aliphatic carbocycles. The van der Waals surface area contributed by atoms with E-state index in [1.54, 1.807) is 0 Å². The summed E-state index contributed by atoms with van der Waals surface area (Å²) in [6.45, 7) is 15.4. The number of hydrogen-bond donors (Lipinski definition) is 0. The fourth-order valence-corrected chi connectivity index (χ4v) is 11.1. The van der Waals surface area contributed by atoms with Gasteiger partial charge in [0.1, 0.15) is 20.2 Å². The minimum atomic E-state index is -5.01. The van der Waals surface area contributed by atoms with Crippen molar-refractivity contribution in [2.75, 3.05) is 26.4 Å². The summed E-state index contributed by atoms with van der Waals surface area (Å²) in [7, 11) is -10.0. The molecule has 0 unspecified atom stereocenters. The molecular weight excluding hydrogens is 1140 g/mol.